The van der Waals surface area contributed by atoms with E-state index in [0.29, 0.717) is 6.54 Å². The Morgan fingerprint density at radius 3 is 2.65 bits per heavy atom. The molecule has 0 heterocycles. The Balaban J connectivity index is 1.73. The number of rotatable bonds is 5. The number of aliphatic carboxylic acids is 1. The zero-order valence-corrected chi connectivity index (χ0v) is 11.6. The van der Waals surface area contributed by atoms with Crippen molar-refractivity contribution in [2.45, 2.75) is 38.1 Å². The smallest absolute Gasteiger partial charge is 0.308 e. The fourth-order valence-electron chi connectivity index (χ4n) is 2.86. The van der Waals surface area contributed by atoms with Gasteiger partial charge in [0.2, 0.25) is 5.91 Å². The molecule has 4 nitrogen and oxygen atoms in total. The molecule has 1 N–H and O–H groups in total. The summed E-state index contributed by atoms with van der Waals surface area (Å²) in [6.45, 7) is 2.00. The Kier molecular flexibility index (Phi) is 3.24. The van der Waals surface area contributed by atoms with E-state index in [2.05, 4.69) is 6.07 Å². The SMILES string of the molecule is CC(CN(C(=O)C1Cc2ccccc21)C1CC1)C(=O)O. The minimum absolute atomic E-state index is 0.0622. The van der Waals surface area contributed by atoms with Crippen LogP contribution in [0.15, 0.2) is 24.3 Å². The lowest BCUT2D eigenvalue weighted by Crippen LogP contribution is -2.43. The molecule has 2 unspecified atom stereocenters. The highest BCUT2D eigenvalue weighted by atomic mass is 16.4. The molecule has 2 aliphatic carbocycles. The van der Waals surface area contributed by atoms with Crippen LogP contribution in [0.25, 0.3) is 0 Å². The molecule has 2 aliphatic rings. The van der Waals surface area contributed by atoms with E-state index in [1.54, 1.807) is 11.8 Å². The second kappa shape index (κ2) is 4.93. The monoisotopic (exact) mass is 273 g/mol. The summed E-state index contributed by atoms with van der Waals surface area (Å²) in [5, 5.41) is 9.04. The Labute approximate surface area is 118 Å². The third kappa shape index (κ3) is 2.30. The van der Waals surface area contributed by atoms with Crippen molar-refractivity contribution in [3.8, 4) is 0 Å². The molecule has 0 spiro atoms. The Morgan fingerprint density at radius 2 is 2.05 bits per heavy atom. The van der Waals surface area contributed by atoms with Gasteiger partial charge in [0, 0.05) is 12.6 Å². The van der Waals surface area contributed by atoms with E-state index in [9.17, 15) is 9.59 Å². The first-order valence-corrected chi connectivity index (χ1v) is 7.19. The number of carboxylic acid groups (broad SMARTS) is 1. The average Bonchev–Trinajstić information content (AvgIpc) is 3.21. The number of fused-ring (bicyclic) bond motifs is 1. The number of carbonyl (C=O) groups excluding carboxylic acids is 1. The Morgan fingerprint density at radius 1 is 1.35 bits per heavy atom. The van der Waals surface area contributed by atoms with E-state index in [1.807, 2.05) is 18.2 Å². The van der Waals surface area contributed by atoms with Crippen LogP contribution in [0, 0.1) is 5.92 Å². The number of carboxylic acids is 1. The summed E-state index contributed by atoms with van der Waals surface area (Å²) in [7, 11) is 0. The quantitative estimate of drug-likeness (QED) is 0.893. The molecule has 1 aromatic rings. The molecule has 1 saturated carbocycles. The molecular weight excluding hydrogens is 254 g/mol. The molecule has 4 heteroatoms. The summed E-state index contributed by atoms with van der Waals surface area (Å²) >= 11 is 0. The summed E-state index contributed by atoms with van der Waals surface area (Å²) in [5.41, 5.74) is 2.36. The maximum absolute atomic E-state index is 12.7. The highest BCUT2D eigenvalue weighted by Crippen LogP contribution is 2.39. The van der Waals surface area contributed by atoms with E-state index in [1.165, 1.54) is 5.56 Å². The molecular formula is C16H19NO3. The van der Waals surface area contributed by atoms with Gasteiger partial charge in [-0.15, -0.1) is 0 Å². The molecule has 0 bridgehead atoms. The molecule has 0 saturated heterocycles. The molecule has 1 amide bonds. The van der Waals surface area contributed by atoms with Gasteiger partial charge in [0.1, 0.15) is 0 Å². The average molecular weight is 273 g/mol. The van der Waals surface area contributed by atoms with Crippen LogP contribution in [0.5, 0.6) is 0 Å². The molecule has 1 aromatic carbocycles. The van der Waals surface area contributed by atoms with Crippen molar-refractivity contribution in [2.75, 3.05) is 6.54 Å². The van der Waals surface area contributed by atoms with Gasteiger partial charge < -0.3 is 10.0 Å². The van der Waals surface area contributed by atoms with Gasteiger partial charge in [0.25, 0.3) is 0 Å². The van der Waals surface area contributed by atoms with E-state index in [4.69, 9.17) is 5.11 Å². The van der Waals surface area contributed by atoms with Crippen molar-refractivity contribution < 1.29 is 14.7 Å². The molecule has 3 rings (SSSR count). The van der Waals surface area contributed by atoms with Crippen LogP contribution < -0.4 is 0 Å². The zero-order valence-electron chi connectivity index (χ0n) is 11.6. The maximum atomic E-state index is 12.7. The van der Waals surface area contributed by atoms with Gasteiger partial charge in [-0.05, 0) is 30.4 Å². The highest BCUT2D eigenvalue weighted by molar-refractivity contribution is 5.87. The summed E-state index contributed by atoms with van der Waals surface area (Å²) in [4.78, 5) is 25.5. The van der Waals surface area contributed by atoms with Gasteiger partial charge in [0.05, 0.1) is 11.8 Å². The lowest BCUT2D eigenvalue weighted by molar-refractivity contribution is -0.143. The second-order valence-corrected chi connectivity index (χ2v) is 5.92. The molecule has 0 aromatic heterocycles. The fraction of sp³-hybridized carbons (Fsp3) is 0.500. The largest absolute Gasteiger partial charge is 0.481 e. The number of hydrogen-bond donors (Lipinski definition) is 1. The minimum Gasteiger partial charge on any atom is -0.481 e. The first-order chi connectivity index (χ1) is 9.58. The van der Waals surface area contributed by atoms with Gasteiger partial charge in [-0.1, -0.05) is 31.2 Å². The molecule has 0 aliphatic heterocycles. The highest BCUT2D eigenvalue weighted by Gasteiger charge is 2.41. The van der Waals surface area contributed by atoms with Crippen LogP contribution in [0.1, 0.15) is 36.8 Å². The van der Waals surface area contributed by atoms with E-state index < -0.39 is 11.9 Å². The van der Waals surface area contributed by atoms with E-state index >= 15 is 0 Å². The van der Waals surface area contributed by atoms with Crippen molar-refractivity contribution >= 4 is 11.9 Å². The molecule has 2 atom stereocenters. The van der Waals surface area contributed by atoms with Crippen molar-refractivity contribution in [3.05, 3.63) is 35.4 Å². The van der Waals surface area contributed by atoms with Gasteiger partial charge in [-0.25, -0.2) is 0 Å². The van der Waals surface area contributed by atoms with Crippen molar-refractivity contribution in [1.82, 2.24) is 4.90 Å². The summed E-state index contributed by atoms with van der Waals surface area (Å²) in [6.07, 6.45) is 2.80. The van der Waals surface area contributed by atoms with E-state index in [-0.39, 0.29) is 17.9 Å². The number of hydrogen-bond acceptors (Lipinski definition) is 2. The predicted octanol–water partition coefficient (Wildman–Crippen LogP) is 2.04. The first kappa shape index (κ1) is 13.2. The number of amides is 1. The Bertz CT molecular complexity index is 550. The standard InChI is InChI=1S/C16H19NO3/c1-10(16(19)20)9-17(12-6-7-12)15(18)14-8-11-4-2-3-5-13(11)14/h2-5,10,12,14H,6-9H2,1H3,(H,19,20). The summed E-state index contributed by atoms with van der Waals surface area (Å²) < 4.78 is 0. The normalized spacial score (nSPS) is 21.6. The molecule has 0 radical (unpaired) electrons. The lowest BCUT2D eigenvalue weighted by Gasteiger charge is -2.34. The third-order valence-corrected chi connectivity index (χ3v) is 4.32. The predicted molar refractivity (Wildman–Crippen MR) is 74.4 cm³/mol. The second-order valence-electron chi connectivity index (χ2n) is 5.92. The van der Waals surface area contributed by atoms with E-state index in [0.717, 1.165) is 24.8 Å². The van der Waals surface area contributed by atoms with Gasteiger partial charge in [-0.2, -0.15) is 0 Å². The first-order valence-electron chi connectivity index (χ1n) is 7.19. The fourth-order valence-corrected chi connectivity index (χ4v) is 2.86. The molecule has 1 fully saturated rings. The van der Waals surface area contributed by atoms with Gasteiger partial charge >= 0.3 is 5.97 Å². The van der Waals surface area contributed by atoms with Crippen LogP contribution >= 0.6 is 0 Å². The Hall–Kier alpha value is -1.84. The summed E-state index contributed by atoms with van der Waals surface area (Å²) in [5.74, 6) is -1.29. The number of nitrogens with zero attached hydrogens (tertiary/aromatic N) is 1. The molecule has 106 valence electrons. The molecule has 20 heavy (non-hydrogen) atoms. The van der Waals surface area contributed by atoms with Crippen molar-refractivity contribution in [3.63, 3.8) is 0 Å². The maximum Gasteiger partial charge on any atom is 0.308 e. The lowest BCUT2D eigenvalue weighted by atomic mass is 9.76. The van der Waals surface area contributed by atoms with Crippen molar-refractivity contribution in [2.24, 2.45) is 5.92 Å². The summed E-state index contributed by atoms with van der Waals surface area (Å²) in [6, 6.07) is 8.27. The van der Waals surface area contributed by atoms with Crippen LogP contribution in [0.3, 0.4) is 0 Å². The van der Waals surface area contributed by atoms with Gasteiger partial charge in [0.15, 0.2) is 0 Å². The number of benzene rings is 1. The van der Waals surface area contributed by atoms with Gasteiger partial charge in [-0.3, -0.25) is 9.59 Å². The number of carbonyl (C=O) groups is 2. The van der Waals surface area contributed by atoms with Crippen LogP contribution in [0.4, 0.5) is 0 Å². The van der Waals surface area contributed by atoms with Crippen LogP contribution in [0.2, 0.25) is 0 Å². The van der Waals surface area contributed by atoms with Crippen LogP contribution in [-0.2, 0) is 16.0 Å². The van der Waals surface area contributed by atoms with Crippen LogP contribution in [-0.4, -0.2) is 34.5 Å². The minimum atomic E-state index is -0.836. The van der Waals surface area contributed by atoms with Crippen molar-refractivity contribution in [1.29, 1.82) is 0 Å². The zero-order chi connectivity index (χ0) is 14.3. The topological polar surface area (TPSA) is 57.6 Å². The third-order valence-electron chi connectivity index (χ3n) is 4.32.